The molecule has 0 bridgehead atoms. The van der Waals surface area contributed by atoms with Crippen molar-refractivity contribution in [3.8, 4) is 11.4 Å². The fraction of sp³-hybridized carbons (Fsp3) is 0.360. The Morgan fingerprint density at radius 1 is 1.14 bits per heavy atom. The van der Waals surface area contributed by atoms with Crippen molar-refractivity contribution in [3.05, 3.63) is 36.8 Å². The summed E-state index contributed by atoms with van der Waals surface area (Å²) in [5, 5.41) is 12.2. The van der Waals surface area contributed by atoms with Crippen LogP contribution in [0, 0.1) is 5.92 Å². The minimum Gasteiger partial charge on any atom is -0.443 e. The first-order chi connectivity index (χ1) is 17.1. The predicted octanol–water partition coefficient (Wildman–Crippen LogP) is 4.10. The molecule has 186 valence electrons. The van der Waals surface area contributed by atoms with Crippen LogP contribution in [0.2, 0.25) is 0 Å². The normalized spacial score (nSPS) is 13.6. The molecule has 4 aromatic heterocycles. The fourth-order valence-corrected chi connectivity index (χ4v) is 3.78. The first-order valence-corrected chi connectivity index (χ1v) is 11.7. The molecule has 0 saturated heterocycles. The number of pyridine rings is 3. The fourth-order valence-electron chi connectivity index (χ4n) is 3.78. The van der Waals surface area contributed by atoms with Gasteiger partial charge in [-0.15, -0.1) is 5.10 Å². The van der Waals surface area contributed by atoms with Gasteiger partial charge in [0.1, 0.15) is 17.2 Å². The lowest BCUT2D eigenvalue weighted by molar-refractivity contribution is -0.117. The van der Waals surface area contributed by atoms with Crippen molar-refractivity contribution >= 4 is 45.7 Å². The molecule has 0 atom stereocenters. The highest BCUT2D eigenvalue weighted by atomic mass is 16.6. The van der Waals surface area contributed by atoms with E-state index in [4.69, 9.17) is 4.74 Å². The molecule has 4 heterocycles. The summed E-state index contributed by atoms with van der Waals surface area (Å²) >= 11 is 0. The van der Waals surface area contributed by atoms with E-state index in [1.54, 1.807) is 49.3 Å². The molecule has 1 aliphatic rings. The molecule has 1 fully saturated rings. The second kappa shape index (κ2) is 8.74. The number of rotatable bonds is 5. The van der Waals surface area contributed by atoms with Crippen LogP contribution in [-0.4, -0.2) is 56.3 Å². The molecule has 11 heteroatoms. The number of nitrogens with zero attached hydrogens (tertiary/aromatic N) is 6. The van der Waals surface area contributed by atoms with Gasteiger partial charge in [-0.3, -0.25) is 9.69 Å². The first kappa shape index (κ1) is 23.5. The number of hydrogen-bond acceptors (Lipinski definition) is 8. The molecule has 11 nitrogen and oxygen atoms in total. The van der Waals surface area contributed by atoms with Crippen molar-refractivity contribution in [3.63, 3.8) is 0 Å². The summed E-state index contributed by atoms with van der Waals surface area (Å²) < 4.78 is 7.07. The summed E-state index contributed by atoms with van der Waals surface area (Å²) in [6.45, 7) is 5.46. The van der Waals surface area contributed by atoms with Crippen LogP contribution in [0.5, 0.6) is 0 Å². The maximum Gasteiger partial charge on any atom is 0.414 e. The summed E-state index contributed by atoms with van der Waals surface area (Å²) in [7, 11) is 3.43. The Bertz CT molecular complexity index is 1490. The Morgan fingerprint density at radius 2 is 1.92 bits per heavy atom. The lowest BCUT2D eigenvalue weighted by Gasteiger charge is -2.24. The molecular weight excluding hydrogens is 460 g/mol. The van der Waals surface area contributed by atoms with Crippen molar-refractivity contribution in [2.24, 2.45) is 5.92 Å². The first-order valence-electron chi connectivity index (χ1n) is 11.7. The van der Waals surface area contributed by atoms with Gasteiger partial charge in [-0.05, 0) is 51.8 Å². The van der Waals surface area contributed by atoms with E-state index in [0.29, 0.717) is 34.4 Å². The van der Waals surface area contributed by atoms with E-state index in [1.165, 1.54) is 4.90 Å². The molecule has 1 saturated carbocycles. The molecule has 0 radical (unpaired) electrons. The average molecular weight is 489 g/mol. The quantitative estimate of drug-likeness (QED) is 0.430. The van der Waals surface area contributed by atoms with Gasteiger partial charge in [0.2, 0.25) is 5.91 Å². The van der Waals surface area contributed by atoms with Crippen LogP contribution in [0.1, 0.15) is 33.6 Å². The van der Waals surface area contributed by atoms with Gasteiger partial charge in [0.25, 0.3) is 0 Å². The van der Waals surface area contributed by atoms with Crippen molar-refractivity contribution in [2.45, 2.75) is 39.2 Å². The maximum absolute atomic E-state index is 12.5. The Kier molecular flexibility index (Phi) is 5.70. The zero-order chi connectivity index (χ0) is 25.6. The Hall–Kier alpha value is -4.28. The number of carbonyl (C=O) groups is 2. The number of fused-ring (bicyclic) bond motifs is 2. The Morgan fingerprint density at radius 3 is 2.61 bits per heavy atom. The van der Waals surface area contributed by atoms with Crippen molar-refractivity contribution < 1.29 is 14.3 Å². The molecule has 0 aromatic carbocycles. The summed E-state index contributed by atoms with van der Waals surface area (Å²) in [5.74, 6) is 1.64. The van der Waals surface area contributed by atoms with E-state index in [-0.39, 0.29) is 11.8 Å². The molecule has 36 heavy (non-hydrogen) atoms. The monoisotopic (exact) mass is 488 g/mol. The number of hydrogen-bond donors (Lipinski definition) is 2. The summed E-state index contributed by atoms with van der Waals surface area (Å²) in [4.78, 5) is 39.8. The van der Waals surface area contributed by atoms with Gasteiger partial charge in [-0.2, -0.15) is 0 Å². The van der Waals surface area contributed by atoms with Gasteiger partial charge in [-0.25, -0.2) is 24.3 Å². The molecule has 2 amide bonds. The van der Waals surface area contributed by atoms with Crippen molar-refractivity contribution in [1.82, 2.24) is 24.6 Å². The largest absolute Gasteiger partial charge is 0.443 e. The van der Waals surface area contributed by atoms with E-state index in [1.807, 2.05) is 26.8 Å². The zero-order valence-electron chi connectivity index (χ0n) is 20.9. The number of nitrogens with one attached hydrogen (secondary N) is 2. The van der Waals surface area contributed by atoms with Crippen LogP contribution in [0.25, 0.3) is 27.8 Å². The molecule has 0 unspecified atom stereocenters. The minimum atomic E-state index is -0.602. The van der Waals surface area contributed by atoms with Gasteiger partial charge >= 0.3 is 6.09 Å². The van der Waals surface area contributed by atoms with Crippen LogP contribution in [0.4, 0.5) is 22.1 Å². The van der Waals surface area contributed by atoms with Crippen LogP contribution < -0.4 is 15.5 Å². The van der Waals surface area contributed by atoms with Gasteiger partial charge in [-0.1, -0.05) is 0 Å². The third-order valence-corrected chi connectivity index (χ3v) is 5.82. The highest BCUT2D eigenvalue weighted by Crippen LogP contribution is 2.33. The van der Waals surface area contributed by atoms with Crippen LogP contribution in [0.15, 0.2) is 36.8 Å². The van der Waals surface area contributed by atoms with E-state index in [2.05, 4.69) is 30.7 Å². The Balaban J connectivity index is 1.52. The van der Waals surface area contributed by atoms with Gasteiger partial charge in [0.15, 0.2) is 11.5 Å². The van der Waals surface area contributed by atoms with Crippen LogP contribution >= 0.6 is 0 Å². The summed E-state index contributed by atoms with van der Waals surface area (Å²) in [6.07, 6.45) is 6.46. The number of amides is 2. The van der Waals surface area contributed by atoms with Crippen molar-refractivity contribution in [2.75, 3.05) is 29.6 Å². The summed E-state index contributed by atoms with van der Waals surface area (Å²) in [5.41, 5.74) is 1.30. The topological polar surface area (TPSA) is 127 Å². The number of anilines is 3. The molecule has 0 spiro atoms. The van der Waals surface area contributed by atoms with Crippen LogP contribution in [-0.2, 0) is 9.53 Å². The summed E-state index contributed by atoms with van der Waals surface area (Å²) in [6, 6.07) is 5.39. The molecule has 5 rings (SSSR count). The number of carbonyl (C=O) groups excluding carboxylic acids is 2. The third kappa shape index (κ3) is 4.64. The van der Waals surface area contributed by atoms with E-state index in [0.717, 1.165) is 23.6 Å². The number of aromatic nitrogens is 5. The van der Waals surface area contributed by atoms with E-state index < -0.39 is 11.7 Å². The molecular formula is C25H28N8O3. The molecule has 1 aliphatic carbocycles. The third-order valence-electron chi connectivity index (χ3n) is 5.82. The smallest absolute Gasteiger partial charge is 0.414 e. The molecule has 2 N–H and O–H groups in total. The second-order valence-corrected chi connectivity index (χ2v) is 9.81. The standard InChI is InChI=1S/C25H28N8O3/c1-25(2,3)36-24(35)32(5)15-8-9-20-30-22(31-33(20)13-15)18-12-28-21(26-4)17-11-27-19(10-16(17)18)29-23(34)14-6-7-14/h8-14H,6-7H2,1-5H3,(H,26,28)(H,27,29,34). The Labute approximate surface area is 207 Å². The average Bonchev–Trinajstić information content (AvgIpc) is 3.60. The van der Waals surface area contributed by atoms with Gasteiger partial charge in [0, 0.05) is 48.7 Å². The van der Waals surface area contributed by atoms with Crippen LogP contribution in [0.3, 0.4) is 0 Å². The lowest BCUT2D eigenvalue weighted by Crippen LogP contribution is -2.34. The van der Waals surface area contributed by atoms with Gasteiger partial charge < -0.3 is 15.4 Å². The second-order valence-electron chi connectivity index (χ2n) is 9.81. The van der Waals surface area contributed by atoms with Gasteiger partial charge in [0.05, 0.1) is 11.9 Å². The van der Waals surface area contributed by atoms with E-state index in [9.17, 15) is 9.59 Å². The SMILES string of the molecule is CNc1ncc(-c2nc3ccc(N(C)C(=O)OC(C)(C)C)cn3n2)c2cc(NC(=O)C3CC3)ncc12. The highest BCUT2D eigenvalue weighted by Gasteiger charge is 2.30. The molecule has 0 aliphatic heterocycles. The molecule has 4 aromatic rings. The highest BCUT2D eigenvalue weighted by molar-refractivity contribution is 6.03. The van der Waals surface area contributed by atoms with Crippen molar-refractivity contribution in [1.29, 1.82) is 0 Å². The minimum absolute atomic E-state index is 0.0150. The maximum atomic E-state index is 12.5. The number of ether oxygens (including phenoxy) is 1. The zero-order valence-corrected chi connectivity index (χ0v) is 20.9. The predicted molar refractivity (Wildman–Crippen MR) is 137 cm³/mol. The lowest BCUT2D eigenvalue weighted by atomic mass is 10.1. The van der Waals surface area contributed by atoms with E-state index >= 15 is 0 Å².